The van der Waals surface area contributed by atoms with Crippen molar-refractivity contribution < 1.29 is 14.3 Å². The second-order valence-electron chi connectivity index (χ2n) is 4.90. The van der Waals surface area contributed by atoms with Gasteiger partial charge in [-0.05, 0) is 35.7 Å². The van der Waals surface area contributed by atoms with Gasteiger partial charge < -0.3 is 14.8 Å². The first kappa shape index (κ1) is 16.0. The van der Waals surface area contributed by atoms with Gasteiger partial charge in [0.05, 0.1) is 36.0 Å². The molecule has 0 radical (unpaired) electrons. The van der Waals surface area contributed by atoms with E-state index in [9.17, 15) is 4.79 Å². The average Bonchev–Trinajstić information content (AvgIpc) is 3.16. The van der Waals surface area contributed by atoms with Gasteiger partial charge in [0.2, 0.25) is 0 Å². The Morgan fingerprint density at radius 1 is 1.12 bits per heavy atom. The number of benzene rings is 1. The molecule has 0 spiro atoms. The molecule has 0 atom stereocenters. The predicted molar refractivity (Wildman–Crippen MR) is 95.0 cm³/mol. The van der Waals surface area contributed by atoms with E-state index < -0.39 is 0 Å². The van der Waals surface area contributed by atoms with Gasteiger partial charge in [-0.25, -0.2) is 0 Å². The monoisotopic (exact) mass is 340 g/mol. The van der Waals surface area contributed by atoms with Crippen LogP contribution in [0.4, 0.5) is 5.69 Å². The van der Waals surface area contributed by atoms with Crippen molar-refractivity contribution in [2.24, 2.45) is 0 Å². The third kappa shape index (κ3) is 3.23. The summed E-state index contributed by atoms with van der Waals surface area (Å²) in [6, 6.07) is 12.6. The number of carbonyl (C=O) groups excluding carboxylic acids is 1. The van der Waals surface area contributed by atoms with Crippen molar-refractivity contribution >= 4 is 22.9 Å². The zero-order chi connectivity index (χ0) is 16.9. The van der Waals surface area contributed by atoms with E-state index in [0.717, 1.165) is 4.88 Å². The first-order valence-electron chi connectivity index (χ1n) is 7.25. The minimum atomic E-state index is -0.241. The largest absolute Gasteiger partial charge is 0.497 e. The summed E-state index contributed by atoms with van der Waals surface area (Å²) in [6.45, 7) is 0. The fourth-order valence-corrected chi connectivity index (χ4v) is 3.02. The Hall–Kier alpha value is -2.86. The number of rotatable bonds is 5. The lowest BCUT2D eigenvalue weighted by Gasteiger charge is -2.12. The number of thiophene rings is 1. The van der Waals surface area contributed by atoms with Crippen LogP contribution in [0.1, 0.15) is 10.4 Å². The number of nitrogens with one attached hydrogen (secondary N) is 1. The summed E-state index contributed by atoms with van der Waals surface area (Å²) < 4.78 is 10.5. The van der Waals surface area contributed by atoms with E-state index in [2.05, 4.69) is 10.3 Å². The lowest BCUT2D eigenvalue weighted by atomic mass is 10.1. The Morgan fingerprint density at radius 3 is 2.71 bits per heavy atom. The number of nitrogens with zero attached hydrogens (tertiary/aromatic N) is 1. The Labute approximate surface area is 143 Å². The van der Waals surface area contributed by atoms with E-state index in [1.807, 2.05) is 17.5 Å². The molecule has 122 valence electrons. The minimum absolute atomic E-state index is 0.241. The van der Waals surface area contributed by atoms with E-state index >= 15 is 0 Å². The lowest BCUT2D eigenvalue weighted by Crippen LogP contribution is -2.14. The van der Waals surface area contributed by atoms with E-state index in [0.29, 0.717) is 28.4 Å². The number of methoxy groups -OCH3 is 2. The minimum Gasteiger partial charge on any atom is -0.497 e. The van der Waals surface area contributed by atoms with Crippen LogP contribution in [0, 0.1) is 0 Å². The summed E-state index contributed by atoms with van der Waals surface area (Å²) in [6.07, 6.45) is 1.68. The molecule has 0 aliphatic rings. The van der Waals surface area contributed by atoms with Crippen molar-refractivity contribution in [1.29, 1.82) is 0 Å². The van der Waals surface area contributed by atoms with Crippen molar-refractivity contribution in [3.05, 3.63) is 59.6 Å². The summed E-state index contributed by atoms with van der Waals surface area (Å²) in [5.41, 5.74) is 1.75. The summed E-state index contributed by atoms with van der Waals surface area (Å²) >= 11 is 1.54. The van der Waals surface area contributed by atoms with Crippen molar-refractivity contribution in [3.63, 3.8) is 0 Å². The molecule has 0 aliphatic heterocycles. The quantitative estimate of drug-likeness (QED) is 0.760. The number of aromatic nitrogens is 1. The van der Waals surface area contributed by atoms with Crippen molar-refractivity contribution in [2.75, 3.05) is 19.5 Å². The molecule has 6 heteroatoms. The molecule has 1 aromatic carbocycles. The van der Waals surface area contributed by atoms with Gasteiger partial charge in [-0.3, -0.25) is 9.78 Å². The van der Waals surface area contributed by atoms with E-state index in [1.54, 1.807) is 62.1 Å². The van der Waals surface area contributed by atoms with E-state index in [-0.39, 0.29) is 5.91 Å². The maximum absolute atomic E-state index is 12.7. The second kappa shape index (κ2) is 7.14. The molecule has 24 heavy (non-hydrogen) atoms. The number of hydrogen-bond donors (Lipinski definition) is 1. The highest BCUT2D eigenvalue weighted by Gasteiger charge is 2.16. The average molecular weight is 340 g/mol. The third-order valence-corrected chi connectivity index (χ3v) is 4.34. The van der Waals surface area contributed by atoms with E-state index in [4.69, 9.17) is 9.47 Å². The number of ether oxygens (including phenoxy) is 2. The molecule has 0 unspecified atom stereocenters. The summed E-state index contributed by atoms with van der Waals surface area (Å²) in [7, 11) is 3.13. The molecule has 1 amide bonds. The van der Waals surface area contributed by atoms with Crippen molar-refractivity contribution in [3.8, 4) is 22.1 Å². The van der Waals surface area contributed by atoms with Gasteiger partial charge >= 0.3 is 0 Å². The van der Waals surface area contributed by atoms with Crippen LogP contribution in [-0.4, -0.2) is 25.1 Å². The highest BCUT2D eigenvalue weighted by Crippen LogP contribution is 2.31. The summed E-state index contributed by atoms with van der Waals surface area (Å²) in [4.78, 5) is 18.0. The Balaban J connectivity index is 1.92. The first-order valence-corrected chi connectivity index (χ1v) is 8.13. The number of hydrogen-bond acceptors (Lipinski definition) is 5. The molecule has 0 saturated carbocycles. The molecule has 0 bridgehead atoms. The molecule has 3 rings (SSSR count). The molecule has 2 aromatic heterocycles. The van der Waals surface area contributed by atoms with Crippen LogP contribution in [0.25, 0.3) is 10.6 Å². The molecular weight excluding hydrogens is 324 g/mol. The lowest BCUT2D eigenvalue weighted by molar-refractivity contribution is 0.102. The Morgan fingerprint density at radius 2 is 2.00 bits per heavy atom. The predicted octanol–water partition coefficient (Wildman–Crippen LogP) is 4.08. The van der Waals surface area contributed by atoms with Crippen LogP contribution in [0.3, 0.4) is 0 Å². The number of amides is 1. The van der Waals surface area contributed by atoms with Crippen LogP contribution in [0.2, 0.25) is 0 Å². The first-order chi connectivity index (χ1) is 11.7. The van der Waals surface area contributed by atoms with Gasteiger partial charge in [0.15, 0.2) is 0 Å². The SMILES string of the molecule is COc1ccc(NC(=O)c2cccnc2-c2cccs2)c(OC)c1. The summed E-state index contributed by atoms with van der Waals surface area (Å²) in [5, 5.41) is 4.83. The normalized spacial score (nSPS) is 10.2. The number of pyridine rings is 1. The molecule has 1 N–H and O–H groups in total. The van der Waals surface area contributed by atoms with Crippen LogP contribution < -0.4 is 14.8 Å². The van der Waals surface area contributed by atoms with Gasteiger partial charge in [0.1, 0.15) is 11.5 Å². The molecule has 0 aliphatic carbocycles. The zero-order valence-electron chi connectivity index (χ0n) is 13.3. The van der Waals surface area contributed by atoms with Gasteiger partial charge in [-0.15, -0.1) is 11.3 Å². The molecule has 3 aromatic rings. The third-order valence-electron chi connectivity index (χ3n) is 3.46. The Kier molecular flexibility index (Phi) is 4.77. The number of carbonyl (C=O) groups is 1. The van der Waals surface area contributed by atoms with Crippen LogP contribution >= 0.6 is 11.3 Å². The maximum atomic E-state index is 12.7. The van der Waals surface area contributed by atoms with Crippen molar-refractivity contribution in [2.45, 2.75) is 0 Å². The number of anilines is 1. The van der Waals surface area contributed by atoms with Crippen LogP contribution in [0.15, 0.2) is 54.0 Å². The van der Waals surface area contributed by atoms with Gasteiger partial charge in [-0.1, -0.05) is 6.07 Å². The second-order valence-corrected chi connectivity index (χ2v) is 5.84. The Bertz CT molecular complexity index is 847. The van der Waals surface area contributed by atoms with Gasteiger partial charge in [0.25, 0.3) is 5.91 Å². The fourth-order valence-electron chi connectivity index (χ4n) is 2.29. The van der Waals surface area contributed by atoms with Crippen LogP contribution in [-0.2, 0) is 0 Å². The topological polar surface area (TPSA) is 60.5 Å². The van der Waals surface area contributed by atoms with Gasteiger partial charge in [0, 0.05) is 12.3 Å². The maximum Gasteiger partial charge on any atom is 0.258 e. The molecule has 2 heterocycles. The van der Waals surface area contributed by atoms with Crippen LogP contribution in [0.5, 0.6) is 11.5 Å². The molecule has 0 fully saturated rings. The smallest absolute Gasteiger partial charge is 0.258 e. The summed E-state index contributed by atoms with van der Waals surface area (Å²) in [5.74, 6) is 0.949. The van der Waals surface area contributed by atoms with E-state index in [1.165, 1.54) is 0 Å². The van der Waals surface area contributed by atoms with Crippen molar-refractivity contribution in [1.82, 2.24) is 4.98 Å². The molecular formula is C18H16N2O3S. The highest BCUT2D eigenvalue weighted by atomic mass is 32.1. The standard InChI is InChI=1S/C18H16N2O3S/c1-22-12-7-8-14(15(11-12)23-2)20-18(21)13-5-3-9-19-17(13)16-6-4-10-24-16/h3-11H,1-2H3,(H,20,21). The van der Waals surface area contributed by atoms with Gasteiger partial charge in [-0.2, -0.15) is 0 Å². The highest BCUT2D eigenvalue weighted by molar-refractivity contribution is 7.13. The zero-order valence-corrected chi connectivity index (χ0v) is 14.1. The molecule has 5 nitrogen and oxygen atoms in total. The fraction of sp³-hybridized carbons (Fsp3) is 0.111. The molecule has 0 saturated heterocycles.